The van der Waals surface area contributed by atoms with Gasteiger partial charge in [-0.1, -0.05) is 92.5 Å². The van der Waals surface area contributed by atoms with Crippen molar-refractivity contribution in [2.24, 2.45) is 23.0 Å². The van der Waals surface area contributed by atoms with E-state index in [0.29, 0.717) is 18.4 Å². The van der Waals surface area contributed by atoms with Crippen molar-refractivity contribution in [1.29, 1.82) is 0 Å². The minimum absolute atomic E-state index is 0.0752. The third-order valence-electron chi connectivity index (χ3n) is 9.64. The summed E-state index contributed by atoms with van der Waals surface area (Å²) in [5.74, 6) is -10.8. The molecule has 1 aromatic carbocycles. The lowest BCUT2D eigenvalue weighted by Gasteiger charge is -2.34. The van der Waals surface area contributed by atoms with Gasteiger partial charge in [0.25, 0.3) is 5.91 Å². The Labute approximate surface area is 356 Å². The predicted octanol–water partition coefficient (Wildman–Crippen LogP) is 0.779. The Balaban J connectivity index is 3.52. The molecule has 0 aliphatic heterocycles. The molecule has 7 amide bonds. The van der Waals surface area contributed by atoms with Gasteiger partial charge in [0.15, 0.2) is 0 Å². The van der Waals surface area contributed by atoms with Crippen LogP contribution in [0.2, 0.25) is 0 Å². The van der Waals surface area contributed by atoms with Crippen LogP contribution in [-0.2, 0) is 54.4 Å². The molecular weight excluding hydrogens is 794 g/mol. The van der Waals surface area contributed by atoms with Gasteiger partial charge in [-0.2, -0.15) is 0 Å². The Hall–Kier alpha value is -5.88. The Morgan fingerprint density at radius 3 is 1.74 bits per heavy atom. The van der Waals surface area contributed by atoms with E-state index in [4.69, 9.17) is 10.8 Å². The third-order valence-corrected chi connectivity index (χ3v) is 9.64. The molecule has 0 aliphatic rings. The number of ketones is 1. The number of nitrogens with one attached hydrogen (secondary N) is 6. The standard InChI is InChI=1S/C42H65N7O12/c1-10-11-16-26(34(55)36(43)56)45-37(57)27(19-22(2)3)47-41(61)35(42(7,8)9)49-39(59)28(20-25-15-13-12-14-24(25)6)46-40(60)33(23(4)5)48-38(58)29(21-32(53)54)44-30(50)17-18-31(51)52/h12-15,22-23,26-29,33,35H,10-11,16-21H2,1-9H3,(H2,43,56)(H,44,50)(H,45,57)(H,46,60)(H,47,61)(H,48,58)(H,49,59)(H,51,52)(H,53,54)/t26-,27-,28-,29-,33+,35+/m0/s1. The van der Waals surface area contributed by atoms with Gasteiger partial charge < -0.3 is 47.8 Å². The molecule has 0 aliphatic carbocycles. The third kappa shape index (κ3) is 18.9. The number of rotatable bonds is 26. The maximum absolute atomic E-state index is 14.3. The van der Waals surface area contributed by atoms with Crippen LogP contribution in [0.15, 0.2) is 24.3 Å². The van der Waals surface area contributed by atoms with Crippen LogP contribution < -0.4 is 37.6 Å². The molecule has 19 heteroatoms. The number of nitrogens with two attached hydrogens (primary N) is 1. The molecule has 0 radical (unpaired) electrons. The summed E-state index contributed by atoms with van der Waals surface area (Å²) in [4.78, 5) is 128. The summed E-state index contributed by atoms with van der Waals surface area (Å²) in [7, 11) is 0. The van der Waals surface area contributed by atoms with Crippen LogP contribution in [0.1, 0.15) is 111 Å². The zero-order chi connectivity index (χ0) is 46.8. The maximum atomic E-state index is 14.3. The number of amides is 7. The number of aliphatic carboxylic acids is 2. The second-order valence-corrected chi connectivity index (χ2v) is 17.0. The molecule has 6 atom stereocenters. The van der Waals surface area contributed by atoms with E-state index in [2.05, 4.69) is 31.9 Å². The van der Waals surface area contributed by atoms with Gasteiger partial charge in [-0.15, -0.1) is 0 Å². The first-order chi connectivity index (χ1) is 28.3. The summed E-state index contributed by atoms with van der Waals surface area (Å²) in [6.45, 7) is 15.5. The van der Waals surface area contributed by atoms with Crippen LogP contribution in [-0.4, -0.2) is 106 Å². The summed E-state index contributed by atoms with van der Waals surface area (Å²) in [5, 5.41) is 33.7. The average Bonchev–Trinajstić information content (AvgIpc) is 3.14. The lowest BCUT2D eigenvalue weighted by atomic mass is 9.85. The van der Waals surface area contributed by atoms with E-state index in [1.54, 1.807) is 65.8 Å². The predicted molar refractivity (Wildman–Crippen MR) is 223 cm³/mol. The number of aryl methyl sites for hydroxylation is 1. The zero-order valence-electron chi connectivity index (χ0n) is 36.6. The number of primary amides is 1. The van der Waals surface area contributed by atoms with E-state index in [1.165, 1.54) is 0 Å². The van der Waals surface area contributed by atoms with Crippen molar-refractivity contribution in [3.8, 4) is 0 Å². The number of carbonyl (C=O) groups is 10. The van der Waals surface area contributed by atoms with E-state index < -0.39 is 126 Å². The first kappa shape index (κ1) is 53.1. The van der Waals surface area contributed by atoms with Gasteiger partial charge in [0.1, 0.15) is 30.2 Å². The highest BCUT2D eigenvalue weighted by Crippen LogP contribution is 2.21. The Bertz CT molecular complexity index is 1760. The second-order valence-electron chi connectivity index (χ2n) is 17.0. The quantitative estimate of drug-likeness (QED) is 0.0584. The first-order valence-corrected chi connectivity index (χ1v) is 20.4. The highest BCUT2D eigenvalue weighted by Gasteiger charge is 2.39. The van der Waals surface area contributed by atoms with E-state index in [-0.39, 0.29) is 25.2 Å². The van der Waals surface area contributed by atoms with Crippen molar-refractivity contribution < 1.29 is 58.2 Å². The molecule has 0 saturated carbocycles. The van der Waals surface area contributed by atoms with Crippen LogP contribution in [0.25, 0.3) is 0 Å². The number of hydrogen-bond donors (Lipinski definition) is 9. The van der Waals surface area contributed by atoms with Gasteiger partial charge >= 0.3 is 11.9 Å². The Morgan fingerprint density at radius 2 is 1.23 bits per heavy atom. The summed E-state index contributed by atoms with van der Waals surface area (Å²) in [6.07, 6.45) is -0.602. The van der Waals surface area contributed by atoms with Gasteiger partial charge in [-0.05, 0) is 48.1 Å². The molecule has 61 heavy (non-hydrogen) atoms. The molecule has 1 rings (SSSR count). The van der Waals surface area contributed by atoms with Gasteiger partial charge in [0, 0.05) is 12.8 Å². The number of carbonyl (C=O) groups excluding carboxylic acids is 8. The molecule has 0 spiro atoms. The monoisotopic (exact) mass is 859 g/mol. The fourth-order valence-corrected chi connectivity index (χ4v) is 6.19. The largest absolute Gasteiger partial charge is 0.481 e. The van der Waals surface area contributed by atoms with Gasteiger partial charge in [-0.25, -0.2) is 0 Å². The van der Waals surface area contributed by atoms with Crippen LogP contribution >= 0.6 is 0 Å². The number of unbranched alkanes of at least 4 members (excludes halogenated alkanes) is 1. The number of carboxylic acids is 2. The smallest absolute Gasteiger partial charge is 0.305 e. The fourth-order valence-electron chi connectivity index (χ4n) is 6.19. The SMILES string of the molecule is CCCC[C@H](NC(=O)[C@H](CC(C)C)NC(=O)[C@@H](NC(=O)[C@H](Cc1ccccc1C)NC(=O)[C@H](NC(=O)[C@H](CC(=O)O)NC(=O)CCC(=O)O)C(C)C)C(C)(C)C)C(=O)C(N)=O. The second kappa shape index (κ2) is 25.0. The van der Waals surface area contributed by atoms with Crippen LogP contribution in [0.5, 0.6) is 0 Å². The minimum Gasteiger partial charge on any atom is -0.481 e. The zero-order valence-corrected chi connectivity index (χ0v) is 36.6. The maximum Gasteiger partial charge on any atom is 0.305 e. The van der Waals surface area contributed by atoms with Crippen LogP contribution in [0, 0.1) is 24.2 Å². The van der Waals surface area contributed by atoms with Crippen molar-refractivity contribution >= 4 is 59.1 Å². The van der Waals surface area contributed by atoms with Gasteiger partial charge in [0.05, 0.1) is 18.9 Å². The van der Waals surface area contributed by atoms with Gasteiger partial charge in [0.2, 0.25) is 41.2 Å². The molecule has 0 unspecified atom stereocenters. The number of benzene rings is 1. The summed E-state index contributed by atoms with van der Waals surface area (Å²) < 4.78 is 0. The number of hydrogen-bond acceptors (Lipinski definition) is 10. The Kier molecular flexibility index (Phi) is 21.8. The summed E-state index contributed by atoms with van der Waals surface area (Å²) in [5.41, 5.74) is 5.69. The molecule has 19 nitrogen and oxygen atoms in total. The normalized spacial score (nSPS) is 14.3. The molecular formula is C42H65N7O12. The molecule has 340 valence electrons. The molecule has 0 aromatic heterocycles. The topological polar surface area (TPSA) is 309 Å². The van der Waals surface area contributed by atoms with E-state index in [1.807, 2.05) is 20.8 Å². The lowest BCUT2D eigenvalue weighted by Crippen LogP contribution is -2.62. The van der Waals surface area contributed by atoms with Crippen molar-refractivity contribution in [2.75, 3.05) is 0 Å². The van der Waals surface area contributed by atoms with E-state index >= 15 is 0 Å². The molecule has 0 heterocycles. The average molecular weight is 860 g/mol. The van der Waals surface area contributed by atoms with Crippen molar-refractivity contribution in [1.82, 2.24) is 31.9 Å². The molecule has 0 saturated heterocycles. The van der Waals surface area contributed by atoms with E-state index in [0.717, 1.165) is 5.56 Å². The van der Waals surface area contributed by atoms with Crippen molar-refractivity contribution in [3.63, 3.8) is 0 Å². The highest BCUT2D eigenvalue weighted by atomic mass is 16.4. The number of Topliss-reactive ketones (excluding diaryl/α,β-unsaturated/α-hetero) is 1. The van der Waals surface area contributed by atoms with Crippen LogP contribution in [0.4, 0.5) is 0 Å². The highest BCUT2D eigenvalue weighted by molar-refractivity contribution is 6.37. The summed E-state index contributed by atoms with van der Waals surface area (Å²) >= 11 is 0. The van der Waals surface area contributed by atoms with Crippen molar-refractivity contribution in [3.05, 3.63) is 35.4 Å². The molecule has 0 fully saturated rings. The van der Waals surface area contributed by atoms with Crippen molar-refractivity contribution in [2.45, 2.75) is 150 Å². The summed E-state index contributed by atoms with van der Waals surface area (Å²) in [6, 6.07) is -1.03. The van der Waals surface area contributed by atoms with Crippen LogP contribution in [0.3, 0.4) is 0 Å². The molecule has 10 N–H and O–H groups in total. The minimum atomic E-state index is -1.67. The number of carboxylic acid groups (broad SMARTS) is 2. The van der Waals surface area contributed by atoms with E-state index in [9.17, 15) is 53.1 Å². The Morgan fingerprint density at radius 1 is 0.672 bits per heavy atom. The lowest BCUT2D eigenvalue weighted by molar-refractivity contribution is -0.142. The molecule has 0 bridgehead atoms. The fraction of sp³-hybridized carbons (Fsp3) is 0.619. The first-order valence-electron chi connectivity index (χ1n) is 20.4. The van der Waals surface area contributed by atoms with Gasteiger partial charge in [-0.3, -0.25) is 47.9 Å². The molecule has 1 aromatic rings.